The molecule has 0 bridgehead atoms. The summed E-state index contributed by atoms with van der Waals surface area (Å²) in [5.41, 5.74) is 8.73. The van der Waals surface area contributed by atoms with E-state index in [1.165, 1.54) is 6.07 Å². The third kappa shape index (κ3) is 2.55. The first-order valence-corrected chi connectivity index (χ1v) is 6.29. The van der Waals surface area contributed by atoms with Crippen LogP contribution in [-0.2, 0) is 6.42 Å². The van der Waals surface area contributed by atoms with Crippen LogP contribution in [0.25, 0.3) is 0 Å². The third-order valence-corrected chi connectivity index (χ3v) is 3.30. The molecule has 0 aliphatic heterocycles. The maximum absolute atomic E-state index is 13.9. The Morgan fingerprint density at radius 1 is 1.17 bits per heavy atom. The van der Waals surface area contributed by atoms with Crippen LogP contribution in [0.2, 0.25) is 5.02 Å². The smallest absolute Gasteiger partial charge is 0.129 e. The molecule has 1 unspecified atom stereocenters. The van der Waals surface area contributed by atoms with Gasteiger partial charge in [0.05, 0.1) is 6.04 Å². The SMILES string of the molecule is CCc1ccccc1C(N)c1ccc(Cl)cc1F. The van der Waals surface area contributed by atoms with Gasteiger partial charge in [0.2, 0.25) is 0 Å². The molecule has 0 saturated heterocycles. The highest BCUT2D eigenvalue weighted by molar-refractivity contribution is 6.30. The van der Waals surface area contributed by atoms with Gasteiger partial charge in [0.15, 0.2) is 0 Å². The summed E-state index contributed by atoms with van der Waals surface area (Å²) in [5, 5.41) is 0.382. The molecule has 2 aromatic carbocycles. The van der Waals surface area contributed by atoms with Gasteiger partial charge in [0, 0.05) is 10.6 Å². The van der Waals surface area contributed by atoms with Crippen molar-refractivity contribution >= 4 is 11.6 Å². The van der Waals surface area contributed by atoms with Crippen LogP contribution in [0.3, 0.4) is 0 Å². The molecule has 2 N–H and O–H groups in total. The van der Waals surface area contributed by atoms with Gasteiger partial charge in [-0.15, -0.1) is 0 Å². The summed E-state index contributed by atoms with van der Waals surface area (Å²) in [4.78, 5) is 0. The van der Waals surface area contributed by atoms with Crippen LogP contribution >= 0.6 is 11.6 Å². The van der Waals surface area contributed by atoms with E-state index in [2.05, 4.69) is 6.92 Å². The van der Waals surface area contributed by atoms with Gasteiger partial charge < -0.3 is 5.73 Å². The second-order valence-corrected chi connectivity index (χ2v) is 4.63. The zero-order valence-corrected chi connectivity index (χ0v) is 10.9. The molecule has 0 radical (unpaired) electrons. The van der Waals surface area contributed by atoms with Gasteiger partial charge in [-0.1, -0.05) is 48.9 Å². The Kier molecular flexibility index (Phi) is 4.00. The van der Waals surface area contributed by atoms with Gasteiger partial charge in [-0.25, -0.2) is 4.39 Å². The monoisotopic (exact) mass is 263 g/mol. The summed E-state index contributed by atoms with van der Waals surface area (Å²) in [7, 11) is 0. The van der Waals surface area contributed by atoms with Crippen LogP contribution in [0.15, 0.2) is 42.5 Å². The highest BCUT2D eigenvalue weighted by atomic mass is 35.5. The molecular formula is C15H15ClFN. The molecule has 0 aliphatic rings. The topological polar surface area (TPSA) is 26.0 Å². The molecule has 1 atom stereocenters. The molecule has 2 rings (SSSR count). The molecule has 2 aromatic rings. The molecule has 0 amide bonds. The summed E-state index contributed by atoms with van der Waals surface area (Å²) in [6.07, 6.45) is 0.874. The van der Waals surface area contributed by atoms with Crippen LogP contribution in [-0.4, -0.2) is 0 Å². The Morgan fingerprint density at radius 3 is 2.56 bits per heavy atom. The standard InChI is InChI=1S/C15H15ClFN/c1-2-10-5-3-4-6-12(10)15(18)13-8-7-11(16)9-14(13)17/h3-9,15H,2,18H2,1H3. The van der Waals surface area contributed by atoms with E-state index in [9.17, 15) is 4.39 Å². The fourth-order valence-electron chi connectivity index (χ4n) is 2.08. The quantitative estimate of drug-likeness (QED) is 0.887. The van der Waals surface area contributed by atoms with Crippen LogP contribution < -0.4 is 5.73 Å². The van der Waals surface area contributed by atoms with E-state index in [0.717, 1.165) is 17.5 Å². The first-order valence-electron chi connectivity index (χ1n) is 5.91. The lowest BCUT2D eigenvalue weighted by Gasteiger charge is -2.17. The van der Waals surface area contributed by atoms with Crippen molar-refractivity contribution in [1.82, 2.24) is 0 Å². The van der Waals surface area contributed by atoms with Gasteiger partial charge in [0.25, 0.3) is 0 Å². The van der Waals surface area contributed by atoms with Crippen molar-refractivity contribution in [3.8, 4) is 0 Å². The van der Waals surface area contributed by atoms with Crippen molar-refractivity contribution in [2.75, 3.05) is 0 Å². The number of nitrogens with two attached hydrogens (primary N) is 1. The van der Waals surface area contributed by atoms with Gasteiger partial charge in [0.1, 0.15) is 5.82 Å². The second-order valence-electron chi connectivity index (χ2n) is 4.20. The Balaban J connectivity index is 2.44. The molecule has 18 heavy (non-hydrogen) atoms. The molecule has 0 aromatic heterocycles. The Morgan fingerprint density at radius 2 is 1.89 bits per heavy atom. The molecule has 0 spiro atoms. The molecule has 0 fully saturated rings. The maximum atomic E-state index is 13.9. The second kappa shape index (κ2) is 5.51. The number of rotatable bonds is 3. The van der Waals surface area contributed by atoms with Gasteiger partial charge in [-0.3, -0.25) is 0 Å². The van der Waals surface area contributed by atoms with Crippen molar-refractivity contribution in [2.24, 2.45) is 5.73 Å². The van der Waals surface area contributed by atoms with E-state index in [4.69, 9.17) is 17.3 Å². The normalized spacial score (nSPS) is 12.4. The number of aryl methyl sites for hydroxylation is 1. The predicted octanol–water partition coefficient (Wildman–Crippen LogP) is 4.09. The molecular weight excluding hydrogens is 249 g/mol. The first kappa shape index (κ1) is 13.1. The minimum Gasteiger partial charge on any atom is -0.320 e. The highest BCUT2D eigenvalue weighted by Crippen LogP contribution is 2.26. The molecule has 0 saturated carbocycles. The number of hydrogen-bond donors (Lipinski definition) is 1. The van der Waals surface area contributed by atoms with E-state index in [1.54, 1.807) is 12.1 Å². The lowest BCUT2D eigenvalue weighted by molar-refractivity contribution is 0.599. The average Bonchev–Trinajstić information content (AvgIpc) is 2.38. The predicted molar refractivity (Wildman–Crippen MR) is 73.3 cm³/mol. The van der Waals surface area contributed by atoms with Gasteiger partial charge in [-0.2, -0.15) is 0 Å². The van der Waals surface area contributed by atoms with Crippen molar-refractivity contribution in [3.05, 3.63) is 70.0 Å². The Labute approximate surface area is 111 Å². The number of benzene rings is 2. The number of hydrogen-bond acceptors (Lipinski definition) is 1. The number of halogens is 2. The largest absolute Gasteiger partial charge is 0.320 e. The minimum absolute atomic E-state index is 0.360. The highest BCUT2D eigenvalue weighted by Gasteiger charge is 2.16. The molecule has 0 aliphatic carbocycles. The fourth-order valence-corrected chi connectivity index (χ4v) is 2.24. The first-order chi connectivity index (χ1) is 8.63. The van der Waals surface area contributed by atoms with Gasteiger partial charge in [-0.05, 0) is 29.7 Å². The van der Waals surface area contributed by atoms with Crippen LogP contribution in [0.5, 0.6) is 0 Å². The summed E-state index contributed by atoms with van der Waals surface area (Å²) >= 11 is 5.75. The zero-order chi connectivity index (χ0) is 13.1. The Bertz CT molecular complexity index is 554. The fraction of sp³-hybridized carbons (Fsp3) is 0.200. The van der Waals surface area contributed by atoms with Crippen LogP contribution in [0, 0.1) is 5.82 Å². The van der Waals surface area contributed by atoms with Crippen molar-refractivity contribution in [1.29, 1.82) is 0 Å². The van der Waals surface area contributed by atoms with Crippen molar-refractivity contribution in [3.63, 3.8) is 0 Å². The van der Waals surface area contributed by atoms with E-state index in [0.29, 0.717) is 10.6 Å². The van der Waals surface area contributed by atoms with E-state index < -0.39 is 6.04 Å². The third-order valence-electron chi connectivity index (χ3n) is 3.07. The lowest BCUT2D eigenvalue weighted by atomic mass is 9.94. The van der Waals surface area contributed by atoms with E-state index in [-0.39, 0.29) is 5.82 Å². The Hall–Kier alpha value is -1.38. The van der Waals surface area contributed by atoms with E-state index >= 15 is 0 Å². The van der Waals surface area contributed by atoms with Crippen LogP contribution in [0.4, 0.5) is 4.39 Å². The summed E-state index contributed by atoms with van der Waals surface area (Å²) < 4.78 is 13.9. The van der Waals surface area contributed by atoms with Gasteiger partial charge >= 0.3 is 0 Å². The summed E-state index contributed by atoms with van der Waals surface area (Å²) in [6, 6.07) is 12.0. The van der Waals surface area contributed by atoms with Crippen molar-refractivity contribution in [2.45, 2.75) is 19.4 Å². The maximum Gasteiger partial charge on any atom is 0.129 e. The lowest BCUT2D eigenvalue weighted by Crippen LogP contribution is -2.15. The zero-order valence-electron chi connectivity index (χ0n) is 10.2. The molecule has 1 nitrogen and oxygen atoms in total. The summed E-state index contributed by atoms with van der Waals surface area (Å²) in [5.74, 6) is -0.360. The molecule has 94 valence electrons. The van der Waals surface area contributed by atoms with E-state index in [1.807, 2.05) is 24.3 Å². The van der Waals surface area contributed by atoms with Crippen LogP contribution in [0.1, 0.15) is 29.7 Å². The molecule has 3 heteroatoms. The minimum atomic E-state index is -0.460. The van der Waals surface area contributed by atoms with Crippen molar-refractivity contribution < 1.29 is 4.39 Å². The average molecular weight is 264 g/mol. The summed E-state index contributed by atoms with van der Waals surface area (Å²) in [6.45, 7) is 2.06. The molecule has 0 heterocycles.